The fourth-order valence-electron chi connectivity index (χ4n) is 5.78. The molecule has 1 N–H and O–H groups in total. The number of nitrogens with zero attached hydrogens (tertiary/aromatic N) is 1. The number of aromatic nitrogens is 2. The van der Waals surface area contributed by atoms with Crippen molar-refractivity contribution in [1.82, 2.24) is 9.55 Å². The van der Waals surface area contributed by atoms with Gasteiger partial charge in [0.15, 0.2) is 4.67 Å². The van der Waals surface area contributed by atoms with Crippen molar-refractivity contribution in [3.63, 3.8) is 0 Å². The predicted molar refractivity (Wildman–Crippen MR) is 187 cm³/mol. The molecule has 242 valence electrons. The SMILES string of the molecule is COc1ccc(C(OC[C@H]2O[C@@H](n3cc(C)c(=O)[nH]c3=O)C[C@@H]2OP2(=S)SCCS2)(c2ccccc2)c2ccc(OC)cc2)cc1. The van der Waals surface area contributed by atoms with Gasteiger partial charge in [-0.1, -0.05) is 77.4 Å². The summed E-state index contributed by atoms with van der Waals surface area (Å²) < 4.78 is 30.6. The minimum absolute atomic E-state index is 0.121. The highest BCUT2D eigenvalue weighted by molar-refractivity contribution is 9.00. The zero-order chi connectivity index (χ0) is 32.3. The highest BCUT2D eigenvalue weighted by Crippen LogP contribution is 2.75. The summed E-state index contributed by atoms with van der Waals surface area (Å²) in [7, 11) is 3.27. The number of methoxy groups -OCH3 is 2. The Hall–Kier alpha value is -2.83. The average Bonchev–Trinajstić information content (AvgIpc) is 3.69. The normalized spacial score (nSPS) is 20.9. The van der Waals surface area contributed by atoms with Gasteiger partial charge in [0.1, 0.15) is 29.4 Å². The smallest absolute Gasteiger partial charge is 0.330 e. The number of rotatable bonds is 11. The summed E-state index contributed by atoms with van der Waals surface area (Å²) >= 11 is 9.37. The molecule has 0 saturated carbocycles. The number of H-pyrrole nitrogens is 1. The number of aromatic amines is 1. The van der Waals surface area contributed by atoms with Crippen LogP contribution in [-0.4, -0.2) is 54.1 Å². The Bertz CT molecular complexity index is 1760. The molecule has 2 aliphatic heterocycles. The number of nitrogens with one attached hydrogen (secondary N) is 1. The van der Waals surface area contributed by atoms with E-state index in [0.717, 1.165) is 39.7 Å². The molecule has 1 aromatic heterocycles. The Balaban J connectivity index is 1.42. The molecule has 2 saturated heterocycles. The fourth-order valence-corrected chi connectivity index (χ4v) is 15.2. The first-order valence-corrected chi connectivity index (χ1v) is 20.7. The lowest BCUT2D eigenvalue weighted by molar-refractivity contribution is -0.0905. The van der Waals surface area contributed by atoms with Crippen molar-refractivity contribution in [3.05, 3.63) is 128 Å². The van der Waals surface area contributed by atoms with E-state index >= 15 is 0 Å². The van der Waals surface area contributed by atoms with Gasteiger partial charge in [-0.05, 0) is 59.7 Å². The lowest BCUT2D eigenvalue weighted by Gasteiger charge is -2.37. The molecule has 0 spiro atoms. The monoisotopic (exact) mass is 698 g/mol. The quantitative estimate of drug-likeness (QED) is 0.143. The minimum atomic E-state index is -2.20. The first-order chi connectivity index (χ1) is 22.2. The molecule has 2 aliphatic rings. The van der Waals surface area contributed by atoms with Crippen LogP contribution in [0.25, 0.3) is 0 Å². The van der Waals surface area contributed by atoms with Gasteiger partial charge in [-0.2, -0.15) is 0 Å². The third kappa shape index (κ3) is 6.75. The van der Waals surface area contributed by atoms with Crippen molar-refractivity contribution in [2.75, 3.05) is 32.3 Å². The zero-order valence-corrected chi connectivity index (χ0v) is 29.0. The summed E-state index contributed by atoms with van der Waals surface area (Å²) in [5.41, 5.74) is 1.08. The second kappa shape index (κ2) is 14.1. The fraction of sp³-hybridized carbons (Fsp3) is 0.333. The molecular formula is C33H35N2O7PS3. The van der Waals surface area contributed by atoms with E-state index in [0.29, 0.717) is 12.0 Å². The third-order valence-corrected chi connectivity index (χ3v) is 17.9. The number of benzene rings is 3. The van der Waals surface area contributed by atoms with Crippen LogP contribution in [0.4, 0.5) is 0 Å². The molecule has 6 rings (SSSR count). The van der Waals surface area contributed by atoms with E-state index in [1.807, 2.05) is 78.9 Å². The van der Waals surface area contributed by atoms with Crippen LogP contribution in [0.2, 0.25) is 0 Å². The summed E-state index contributed by atoms with van der Waals surface area (Å²) in [6, 6.07) is 25.7. The predicted octanol–water partition coefficient (Wildman–Crippen LogP) is 6.25. The molecule has 3 atom stereocenters. The maximum atomic E-state index is 12.9. The van der Waals surface area contributed by atoms with Crippen molar-refractivity contribution < 1.29 is 23.5 Å². The van der Waals surface area contributed by atoms with Crippen LogP contribution in [0.15, 0.2) is 94.6 Å². The Morgan fingerprint density at radius 3 is 2.04 bits per heavy atom. The van der Waals surface area contributed by atoms with Gasteiger partial charge in [0.25, 0.3) is 5.56 Å². The summed E-state index contributed by atoms with van der Waals surface area (Å²) in [6.07, 6.45) is 0.238. The maximum Gasteiger partial charge on any atom is 0.330 e. The molecule has 13 heteroatoms. The first kappa shape index (κ1) is 33.1. The summed E-state index contributed by atoms with van der Waals surface area (Å²) in [5.74, 6) is 3.32. The molecule has 0 unspecified atom stereocenters. The van der Waals surface area contributed by atoms with Gasteiger partial charge in [0.2, 0.25) is 0 Å². The summed E-state index contributed by atoms with van der Waals surface area (Å²) in [6.45, 7) is 1.78. The van der Waals surface area contributed by atoms with E-state index in [4.69, 9.17) is 35.3 Å². The first-order valence-electron chi connectivity index (χ1n) is 14.8. The van der Waals surface area contributed by atoms with Crippen LogP contribution in [0.1, 0.15) is 34.9 Å². The van der Waals surface area contributed by atoms with Crippen molar-refractivity contribution in [2.45, 2.75) is 37.4 Å². The Labute approximate surface area is 280 Å². The molecule has 3 heterocycles. The van der Waals surface area contributed by atoms with E-state index in [1.165, 1.54) is 10.8 Å². The van der Waals surface area contributed by atoms with E-state index < -0.39 is 40.0 Å². The molecular weight excluding hydrogens is 664 g/mol. The third-order valence-electron chi connectivity index (χ3n) is 8.12. The van der Waals surface area contributed by atoms with Gasteiger partial charge in [0.05, 0.1) is 26.9 Å². The average molecular weight is 699 g/mol. The van der Waals surface area contributed by atoms with Crippen molar-refractivity contribution in [2.24, 2.45) is 0 Å². The Kier molecular flexibility index (Phi) is 10.1. The van der Waals surface area contributed by atoms with Crippen molar-refractivity contribution in [1.29, 1.82) is 0 Å². The van der Waals surface area contributed by atoms with Crippen molar-refractivity contribution >= 4 is 39.2 Å². The van der Waals surface area contributed by atoms with Gasteiger partial charge < -0.3 is 23.5 Å². The van der Waals surface area contributed by atoms with Gasteiger partial charge >= 0.3 is 5.69 Å². The largest absolute Gasteiger partial charge is 0.497 e. The second-order valence-corrected chi connectivity index (χ2v) is 21.6. The highest BCUT2D eigenvalue weighted by atomic mass is 33.2. The number of ether oxygens (including phenoxy) is 4. The highest BCUT2D eigenvalue weighted by Gasteiger charge is 2.45. The van der Waals surface area contributed by atoms with E-state index in [-0.39, 0.29) is 6.61 Å². The van der Waals surface area contributed by atoms with Crippen molar-refractivity contribution in [3.8, 4) is 11.5 Å². The molecule has 3 aromatic carbocycles. The van der Waals surface area contributed by atoms with Crippen LogP contribution in [0.5, 0.6) is 11.5 Å². The van der Waals surface area contributed by atoms with Gasteiger partial charge in [-0.3, -0.25) is 14.3 Å². The van der Waals surface area contributed by atoms with E-state index in [1.54, 1.807) is 43.9 Å². The lowest BCUT2D eigenvalue weighted by Crippen LogP contribution is -2.38. The summed E-state index contributed by atoms with van der Waals surface area (Å²) in [4.78, 5) is 27.4. The van der Waals surface area contributed by atoms with E-state index in [2.05, 4.69) is 4.98 Å². The van der Waals surface area contributed by atoms with Crippen LogP contribution in [0, 0.1) is 6.92 Å². The Morgan fingerprint density at radius 2 is 1.48 bits per heavy atom. The van der Waals surface area contributed by atoms with Gasteiger partial charge in [-0.15, -0.1) is 0 Å². The molecule has 0 radical (unpaired) electrons. The number of aryl methyl sites for hydroxylation is 1. The number of hydrogen-bond donors (Lipinski definition) is 1. The zero-order valence-electron chi connectivity index (χ0n) is 25.6. The molecule has 0 bridgehead atoms. The Morgan fingerprint density at radius 1 is 0.913 bits per heavy atom. The van der Waals surface area contributed by atoms with Crippen LogP contribution in [-0.2, 0) is 31.4 Å². The molecule has 0 amide bonds. The number of hydrogen-bond acceptors (Lipinski definition) is 10. The van der Waals surface area contributed by atoms with Gasteiger partial charge in [0, 0.05) is 29.7 Å². The van der Waals surface area contributed by atoms with Crippen LogP contribution >= 0.6 is 27.4 Å². The topological polar surface area (TPSA) is 101 Å². The molecule has 2 fully saturated rings. The summed E-state index contributed by atoms with van der Waals surface area (Å²) in [5, 5.41) is 0. The molecule has 4 aromatic rings. The molecule has 46 heavy (non-hydrogen) atoms. The van der Waals surface area contributed by atoms with E-state index in [9.17, 15) is 9.59 Å². The van der Waals surface area contributed by atoms with Crippen LogP contribution in [0.3, 0.4) is 0 Å². The maximum absolute atomic E-state index is 12.9. The molecule has 0 aliphatic carbocycles. The van der Waals surface area contributed by atoms with Gasteiger partial charge in [-0.25, -0.2) is 4.79 Å². The second-order valence-electron chi connectivity index (χ2n) is 10.9. The minimum Gasteiger partial charge on any atom is -0.497 e. The van der Waals surface area contributed by atoms with Crippen LogP contribution < -0.4 is 20.7 Å². The molecule has 9 nitrogen and oxygen atoms in total. The lowest BCUT2D eigenvalue weighted by atomic mass is 9.80. The standard InChI is InChI=1S/C33H35N2O7PS3/c1-22-20-35(32(37)34-31(22)36)30-19-28(42-43(44)45-17-18-46-43)29(41-30)21-40-33(23-7-5-4-6-8-23,24-9-13-26(38-2)14-10-24)25-11-15-27(39-3)16-12-25/h4-16,20,28-30H,17-19,21H2,1-3H3,(H,34,36,37)/t28-,29+,30+/m0/s1.